The minimum atomic E-state index is -0.933. The van der Waals surface area contributed by atoms with Crippen molar-refractivity contribution in [3.8, 4) is 5.75 Å². The van der Waals surface area contributed by atoms with Gasteiger partial charge in [0.15, 0.2) is 0 Å². The van der Waals surface area contributed by atoms with Crippen molar-refractivity contribution < 1.29 is 15.0 Å². The molecule has 0 heterocycles. The fourth-order valence-corrected chi connectivity index (χ4v) is 2.40. The Morgan fingerprint density at radius 3 is 2.27 bits per heavy atom. The zero-order valence-electron chi connectivity index (χ0n) is 11.9. The van der Waals surface area contributed by atoms with Crippen LogP contribution in [0.3, 0.4) is 0 Å². The highest BCUT2D eigenvalue weighted by Gasteiger charge is 2.18. The zero-order valence-corrected chi connectivity index (χ0v) is 12.7. The van der Waals surface area contributed by atoms with Gasteiger partial charge in [-0.3, -0.25) is 0 Å². The van der Waals surface area contributed by atoms with Gasteiger partial charge in [0.25, 0.3) is 0 Å². The quantitative estimate of drug-likeness (QED) is 0.715. The lowest BCUT2D eigenvalue weighted by molar-refractivity contribution is -0.139. The van der Waals surface area contributed by atoms with Crippen LogP contribution in [0.1, 0.15) is 11.1 Å². The van der Waals surface area contributed by atoms with Gasteiger partial charge in [0.2, 0.25) is 0 Å². The monoisotopic (exact) mass is 315 g/mol. The first kappa shape index (κ1) is 16.0. The van der Waals surface area contributed by atoms with E-state index in [9.17, 15) is 15.0 Å². The molecule has 0 aliphatic heterocycles. The van der Waals surface area contributed by atoms with E-state index in [-0.39, 0.29) is 5.75 Å². The molecule has 0 radical (unpaired) electrons. The van der Waals surface area contributed by atoms with Crippen molar-refractivity contribution in [1.29, 1.82) is 0 Å². The van der Waals surface area contributed by atoms with Gasteiger partial charge < -0.3 is 15.5 Å². The van der Waals surface area contributed by atoms with Crippen molar-refractivity contribution in [1.82, 2.24) is 5.32 Å². The summed E-state index contributed by atoms with van der Waals surface area (Å²) in [5.74, 6) is -0.743. The molecule has 2 aromatic carbocycles. The second kappa shape index (κ2) is 7.56. The lowest BCUT2D eigenvalue weighted by Gasteiger charge is -2.16. The normalized spacial score (nSPS) is 11.6. The van der Waals surface area contributed by atoms with E-state index in [1.54, 1.807) is 24.3 Å². The van der Waals surface area contributed by atoms with Gasteiger partial charge in [-0.05, 0) is 23.3 Å². The molecule has 0 amide bonds. The lowest BCUT2D eigenvalue weighted by Crippen LogP contribution is -2.42. The van der Waals surface area contributed by atoms with Crippen LogP contribution in [-0.4, -0.2) is 27.2 Å². The molecule has 0 aromatic heterocycles. The Morgan fingerprint density at radius 1 is 1.05 bits per heavy atom. The van der Waals surface area contributed by atoms with E-state index in [0.29, 0.717) is 17.8 Å². The summed E-state index contributed by atoms with van der Waals surface area (Å²) in [4.78, 5) is 11.8. The molecule has 0 fully saturated rings. The molecule has 0 aliphatic rings. The van der Waals surface area contributed by atoms with E-state index < -0.39 is 12.0 Å². The fourth-order valence-electron chi connectivity index (χ4n) is 2.09. The number of carboxylic acids is 1. The second-order valence-corrected chi connectivity index (χ2v) is 5.48. The molecule has 3 N–H and O–H groups in total. The van der Waals surface area contributed by atoms with Gasteiger partial charge in [-0.2, -0.15) is 0 Å². The number of aliphatic carboxylic acids is 1. The molecule has 2 rings (SSSR count). The molecular weight excluding hydrogens is 298 g/mol. The summed E-state index contributed by atoms with van der Waals surface area (Å²) in [6.07, 6.45) is 0.806. The van der Waals surface area contributed by atoms with Gasteiger partial charge in [0.1, 0.15) is 11.8 Å². The molecule has 0 saturated heterocycles. The number of hydrogen-bond donors (Lipinski definition) is 3. The third-order valence-electron chi connectivity index (χ3n) is 3.22. The summed E-state index contributed by atoms with van der Waals surface area (Å²) >= 11 is 5.24. The van der Waals surface area contributed by atoms with Crippen molar-refractivity contribution in [3.05, 3.63) is 65.7 Å². The molecule has 0 spiro atoms. The van der Waals surface area contributed by atoms with Crippen molar-refractivity contribution in [3.63, 3.8) is 0 Å². The smallest absolute Gasteiger partial charge is 0.326 e. The topological polar surface area (TPSA) is 69.6 Å². The molecule has 22 heavy (non-hydrogen) atoms. The van der Waals surface area contributed by atoms with E-state index in [1.165, 1.54) is 0 Å². The lowest BCUT2D eigenvalue weighted by atomic mass is 10.1. The molecule has 4 nitrogen and oxygen atoms in total. The van der Waals surface area contributed by atoms with Crippen LogP contribution in [0, 0.1) is 0 Å². The number of carboxylic acid groups (broad SMARTS) is 1. The number of phenolic OH excluding ortho intramolecular Hbond substituents is 1. The number of phenols is 1. The van der Waals surface area contributed by atoms with E-state index in [0.717, 1.165) is 11.1 Å². The van der Waals surface area contributed by atoms with Crippen LogP contribution in [0.15, 0.2) is 54.6 Å². The molecule has 114 valence electrons. The summed E-state index contributed by atoms with van der Waals surface area (Å²) < 4.78 is 0. The maximum absolute atomic E-state index is 11.4. The maximum atomic E-state index is 11.4. The number of aromatic hydroxyl groups is 1. The SMILES string of the molecule is O=C(O)[C@H](Cc1ccccc1)NC(=S)Cc1ccc(O)cc1. The first-order valence-electron chi connectivity index (χ1n) is 6.88. The van der Waals surface area contributed by atoms with Crippen LogP contribution < -0.4 is 5.32 Å². The molecule has 1 atom stereocenters. The fraction of sp³-hybridized carbons (Fsp3) is 0.176. The number of thiocarbonyl (C=S) groups is 1. The highest BCUT2D eigenvalue weighted by molar-refractivity contribution is 7.80. The van der Waals surface area contributed by atoms with E-state index in [4.69, 9.17) is 12.2 Å². The number of hydrogen-bond acceptors (Lipinski definition) is 3. The molecule has 0 saturated carbocycles. The summed E-state index contributed by atoms with van der Waals surface area (Å²) in [5, 5.41) is 21.5. The van der Waals surface area contributed by atoms with Gasteiger partial charge in [0.05, 0.1) is 4.99 Å². The number of nitrogens with one attached hydrogen (secondary N) is 1. The molecule has 2 aromatic rings. The van der Waals surface area contributed by atoms with Crippen molar-refractivity contribution in [2.45, 2.75) is 18.9 Å². The van der Waals surface area contributed by atoms with Crippen molar-refractivity contribution >= 4 is 23.2 Å². The van der Waals surface area contributed by atoms with E-state index in [2.05, 4.69) is 5.32 Å². The van der Waals surface area contributed by atoms with Gasteiger partial charge in [-0.25, -0.2) is 4.79 Å². The summed E-state index contributed by atoms with van der Waals surface area (Å²) in [7, 11) is 0. The largest absolute Gasteiger partial charge is 0.508 e. The Morgan fingerprint density at radius 2 is 1.68 bits per heavy atom. The Hall–Kier alpha value is -2.40. The van der Waals surface area contributed by atoms with Crippen LogP contribution in [0.25, 0.3) is 0 Å². The first-order valence-corrected chi connectivity index (χ1v) is 7.29. The summed E-state index contributed by atoms with van der Waals surface area (Å²) in [6, 6.07) is 15.3. The molecule has 0 unspecified atom stereocenters. The van der Waals surface area contributed by atoms with Crippen molar-refractivity contribution in [2.75, 3.05) is 0 Å². The first-order chi connectivity index (χ1) is 10.5. The highest BCUT2D eigenvalue weighted by Crippen LogP contribution is 2.11. The van der Waals surface area contributed by atoms with Crippen LogP contribution in [-0.2, 0) is 17.6 Å². The third kappa shape index (κ3) is 4.86. The van der Waals surface area contributed by atoms with Gasteiger partial charge in [-0.15, -0.1) is 0 Å². The van der Waals surface area contributed by atoms with Crippen LogP contribution in [0.4, 0.5) is 0 Å². The zero-order chi connectivity index (χ0) is 15.9. The van der Waals surface area contributed by atoms with Crippen molar-refractivity contribution in [2.24, 2.45) is 0 Å². The van der Waals surface area contributed by atoms with Gasteiger partial charge in [0, 0.05) is 12.8 Å². The molecule has 0 bridgehead atoms. The van der Waals surface area contributed by atoms with Crippen LogP contribution in [0.5, 0.6) is 5.75 Å². The Labute approximate surface area is 134 Å². The van der Waals surface area contributed by atoms with Crippen LogP contribution >= 0.6 is 12.2 Å². The second-order valence-electron chi connectivity index (χ2n) is 4.99. The Kier molecular flexibility index (Phi) is 5.49. The molecule has 0 aliphatic carbocycles. The van der Waals surface area contributed by atoms with Crippen LogP contribution in [0.2, 0.25) is 0 Å². The van der Waals surface area contributed by atoms with Gasteiger partial charge >= 0.3 is 5.97 Å². The maximum Gasteiger partial charge on any atom is 0.326 e. The minimum absolute atomic E-state index is 0.190. The predicted octanol–water partition coefficient (Wildman–Crippen LogP) is 2.55. The predicted molar refractivity (Wildman–Crippen MR) is 89.1 cm³/mol. The summed E-state index contributed by atoms with van der Waals surface area (Å²) in [6.45, 7) is 0. The van der Waals surface area contributed by atoms with E-state index >= 15 is 0 Å². The average Bonchev–Trinajstić information content (AvgIpc) is 2.50. The molecule has 5 heteroatoms. The third-order valence-corrected chi connectivity index (χ3v) is 3.48. The number of benzene rings is 2. The average molecular weight is 315 g/mol. The number of carbonyl (C=O) groups is 1. The minimum Gasteiger partial charge on any atom is -0.508 e. The standard InChI is InChI=1S/C17H17NO3S/c19-14-8-6-13(7-9-14)11-16(22)18-15(17(20)21)10-12-4-2-1-3-5-12/h1-9,15,19H,10-11H2,(H,18,22)(H,20,21)/t15-/m0/s1. The summed E-state index contributed by atoms with van der Waals surface area (Å²) in [5.41, 5.74) is 1.86. The number of rotatable bonds is 6. The molecular formula is C17H17NO3S. The van der Waals surface area contributed by atoms with E-state index in [1.807, 2.05) is 30.3 Å². The van der Waals surface area contributed by atoms with Gasteiger partial charge in [-0.1, -0.05) is 54.7 Å². The Bertz CT molecular complexity index is 641. The highest BCUT2D eigenvalue weighted by atomic mass is 32.1. The Balaban J connectivity index is 1.97.